The van der Waals surface area contributed by atoms with Crippen LogP contribution in [0, 0.1) is 12.3 Å². The largest absolute Gasteiger partial charge is 0.484 e. The molecule has 18 heteroatoms. The Kier molecular flexibility index (Phi) is 20.7. The van der Waals surface area contributed by atoms with Crippen LogP contribution in [0.15, 0.2) is 72.1 Å². The van der Waals surface area contributed by atoms with Crippen molar-refractivity contribution >= 4 is 58.9 Å². The lowest BCUT2D eigenvalue weighted by Gasteiger charge is -2.38. The second kappa shape index (κ2) is 26.1. The molecule has 340 valence electrons. The van der Waals surface area contributed by atoms with Crippen molar-refractivity contribution in [2.24, 2.45) is 0 Å². The van der Waals surface area contributed by atoms with Gasteiger partial charge in [-0.15, -0.1) is 6.42 Å². The fraction of sp³-hybridized carbons (Fsp3) is 0.523. The van der Waals surface area contributed by atoms with Gasteiger partial charge in [-0.3, -0.25) is 14.2 Å². The lowest BCUT2D eigenvalue weighted by molar-refractivity contribution is -0.121. The smallest absolute Gasteiger partial charge is 0.263 e. The highest BCUT2D eigenvalue weighted by Gasteiger charge is 2.48. The zero-order valence-corrected chi connectivity index (χ0v) is 38.6. The molecule has 3 heterocycles. The summed E-state index contributed by atoms with van der Waals surface area (Å²) < 4.78 is 49.8. The highest BCUT2D eigenvalue weighted by molar-refractivity contribution is 8.77. The van der Waals surface area contributed by atoms with Gasteiger partial charge in [0.15, 0.2) is 29.8 Å². The van der Waals surface area contributed by atoms with E-state index in [4.69, 9.17) is 32.5 Å². The van der Waals surface area contributed by atoms with E-state index in [1.165, 1.54) is 13.4 Å². The van der Waals surface area contributed by atoms with Crippen molar-refractivity contribution in [2.45, 2.75) is 121 Å². The van der Waals surface area contributed by atoms with Crippen molar-refractivity contribution < 1.29 is 39.3 Å². The number of methoxy groups -OCH3 is 1. The van der Waals surface area contributed by atoms with Crippen LogP contribution in [-0.4, -0.2) is 112 Å². The molecule has 62 heavy (non-hydrogen) atoms. The second-order valence-electron chi connectivity index (χ2n) is 14.9. The van der Waals surface area contributed by atoms with E-state index >= 15 is 0 Å². The van der Waals surface area contributed by atoms with Crippen molar-refractivity contribution in [3.8, 4) is 18.1 Å². The number of benzene rings is 2. The maximum absolute atomic E-state index is 12.8. The molecular weight excluding hydrogens is 850 g/mol. The number of para-hydroxylation sites is 1. The highest BCUT2D eigenvalue weighted by Crippen LogP contribution is 2.51. The number of aliphatic hydroxyl groups is 1. The number of rotatable bonds is 22. The predicted octanol–water partition coefficient (Wildman–Crippen LogP) is 8.06. The van der Waals surface area contributed by atoms with Gasteiger partial charge in [-0.25, -0.2) is 19.6 Å². The molecule has 1 aliphatic rings. The van der Waals surface area contributed by atoms with E-state index in [1.807, 2.05) is 30.3 Å². The summed E-state index contributed by atoms with van der Waals surface area (Å²) in [5.41, 5.74) is 1.91. The summed E-state index contributed by atoms with van der Waals surface area (Å²) in [6, 6.07) is 17.5. The van der Waals surface area contributed by atoms with Crippen LogP contribution in [0.4, 0.5) is 5.82 Å². The minimum Gasteiger partial charge on any atom is -0.484 e. The molecule has 4 aromatic rings. The average molecular weight is 917 g/mol. The molecule has 1 aliphatic heterocycles. The first kappa shape index (κ1) is 49.2. The number of aromatic nitrogens is 4. The molecule has 0 aliphatic carbocycles. The van der Waals surface area contributed by atoms with E-state index in [1.54, 1.807) is 51.7 Å². The Balaban J connectivity index is 0.00000265. The van der Waals surface area contributed by atoms with Gasteiger partial charge in [0, 0.05) is 43.7 Å². The summed E-state index contributed by atoms with van der Waals surface area (Å²) in [5, 5.41) is 9.02. The lowest BCUT2D eigenvalue weighted by atomic mass is 10.1. The van der Waals surface area contributed by atoms with E-state index in [-0.39, 0.29) is 56.0 Å². The van der Waals surface area contributed by atoms with E-state index in [0.717, 1.165) is 10.5 Å². The number of fused-ring (bicyclic) bond motifs is 1. The normalized spacial score (nSPS) is 18.3. The van der Waals surface area contributed by atoms with E-state index in [2.05, 4.69) is 95.0 Å². The number of hydrogen-bond donors (Lipinski definition) is 3. The number of imidazole rings is 1. The minimum absolute atomic E-state index is 0. The Morgan fingerprint density at radius 3 is 2.50 bits per heavy atom. The Hall–Kier alpha value is -3.82. The number of carbonyl (C=O) groups is 2. The number of amides is 2. The zero-order valence-electron chi connectivity index (χ0n) is 38.1. The highest BCUT2D eigenvalue weighted by atomic mass is 33.1. The predicted molar refractivity (Wildman–Crippen MR) is 250 cm³/mol. The summed E-state index contributed by atoms with van der Waals surface area (Å²) in [6.45, 7) is 13.0. The molecule has 0 bridgehead atoms. The van der Waals surface area contributed by atoms with Crippen molar-refractivity contribution in [3.05, 3.63) is 72.8 Å². The van der Waals surface area contributed by atoms with Crippen molar-refractivity contribution in [3.63, 3.8) is 0 Å². The molecule has 2 aromatic carbocycles. The van der Waals surface area contributed by atoms with Gasteiger partial charge in [-0.2, -0.15) is 0 Å². The van der Waals surface area contributed by atoms with Gasteiger partial charge in [-0.1, -0.05) is 71.3 Å². The first-order valence-corrected chi connectivity index (χ1v) is 23.2. The Bertz CT molecular complexity index is 2060. The molecular formula is C44H64N7O8PS2. The Morgan fingerprint density at radius 1 is 1.11 bits per heavy atom. The van der Waals surface area contributed by atoms with Gasteiger partial charge in [-0.05, 0) is 85.0 Å². The third-order valence-corrected chi connectivity index (χ3v) is 14.9. The molecule has 0 saturated carbocycles. The number of nitrogens with zero attached hydrogens (tertiary/aromatic N) is 5. The van der Waals surface area contributed by atoms with Gasteiger partial charge in [0.1, 0.15) is 24.3 Å². The molecule has 3 N–H and O–H groups in total. The van der Waals surface area contributed by atoms with Gasteiger partial charge in [0.2, 0.25) is 7.34 Å². The summed E-state index contributed by atoms with van der Waals surface area (Å²) in [5.74, 6) is 2.79. The SMILES string of the molecule is C.[2H]C[C@H]1O[C@@H](n2cnc3c(NC(=O)COc4ccccc4)ncnc32)[C@@H](OC)C1OP(OCCc1ccccc1SSC(C)(C)CCC(=O)NCC#C)N(C(C)C)C(C)C.[3H]OC. The maximum atomic E-state index is 12.8. The standard InChI is InChI=1S/C42H56N7O7PS2.CH4O.CH4/c1-10-23-43-34(50)20-22-42(7,8)59-58-33-19-15-14-16-31(33)21-24-54-57(49(28(2)3)29(4)5)56-37-30(6)55-41(38(37)52-9)48-27-46-36-39(44-26-45-40(36)48)47-35(51)25-53-32-17-12-11-13-18-32;1-2;/h1,11-19,26-30,37-38,41H,20-25H2,2-9H3,(H,43,50)(H,44,45,47,51);2H,1H3;1H4/t30-,37?,38+,41-,57?;;/m1../s1/i6D;2T;. The van der Waals surface area contributed by atoms with Crippen LogP contribution in [0.25, 0.3) is 11.2 Å². The molecule has 1 fully saturated rings. The van der Waals surface area contributed by atoms with E-state index in [9.17, 15) is 9.59 Å². The number of carbonyl (C=O) groups excluding carboxylic acids is 2. The molecule has 0 spiro atoms. The van der Waals surface area contributed by atoms with Crippen molar-refractivity contribution in [1.82, 2.24) is 29.5 Å². The monoisotopic (exact) mass is 916 g/mol. The first-order chi connectivity index (χ1) is 30.3. The molecule has 2 unspecified atom stereocenters. The molecule has 1 saturated heterocycles. The second-order valence-corrected chi connectivity index (χ2v) is 19.2. The third kappa shape index (κ3) is 14.9. The van der Waals surface area contributed by atoms with Gasteiger partial charge < -0.3 is 39.0 Å². The van der Waals surface area contributed by atoms with Gasteiger partial charge >= 0.3 is 0 Å². The molecule has 5 rings (SSSR count). The average Bonchev–Trinajstić information content (AvgIpc) is 3.85. The summed E-state index contributed by atoms with van der Waals surface area (Å²) >= 11 is 0. The van der Waals surface area contributed by atoms with Crippen LogP contribution >= 0.6 is 30.1 Å². The molecule has 2 aromatic heterocycles. The van der Waals surface area contributed by atoms with Crippen molar-refractivity contribution in [2.75, 3.05) is 39.3 Å². The lowest BCUT2D eigenvalue weighted by Crippen LogP contribution is -2.39. The van der Waals surface area contributed by atoms with Crippen molar-refractivity contribution in [1.29, 1.82) is 1.43 Å². The first-order valence-electron chi connectivity index (χ1n) is 21.0. The van der Waals surface area contributed by atoms with Gasteiger partial charge in [0.05, 0.1) is 25.6 Å². The maximum Gasteiger partial charge on any atom is 0.263 e. The van der Waals surface area contributed by atoms with E-state index in [0.29, 0.717) is 42.8 Å². The summed E-state index contributed by atoms with van der Waals surface area (Å²) in [4.78, 5) is 39.4. The third-order valence-electron chi connectivity index (χ3n) is 9.26. The van der Waals surface area contributed by atoms with Crippen LogP contribution in [-0.2, 0) is 34.5 Å². The number of hydrogen-bond acceptors (Lipinski definition) is 14. The number of terminal acetylenes is 1. The quantitative estimate of drug-likeness (QED) is 0.0393. The molecule has 0 radical (unpaired) electrons. The topological polar surface area (TPSA) is 171 Å². The van der Waals surface area contributed by atoms with Crippen LogP contribution in [0.2, 0.25) is 0 Å². The van der Waals surface area contributed by atoms with Gasteiger partial charge in [0.25, 0.3) is 14.4 Å². The summed E-state index contributed by atoms with van der Waals surface area (Å²) in [6.07, 6.45) is 7.18. The number of ether oxygens (including phenoxy) is 3. The Labute approximate surface area is 379 Å². The zero-order chi connectivity index (χ0) is 45.9. The fourth-order valence-electron chi connectivity index (χ4n) is 6.38. The van der Waals surface area contributed by atoms with Crippen LogP contribution in [0.5, 0.6) is 5.75 Å². The summed E-state index contributed by atoms with van der Waals surface area (Å²) in [7, 11) is 4.66. The fourth-order valence-corrected chi connectivity index (χ4v) is 10.7. The molecule has 15 nitrogen and oxygen atoms in total. The van der Waals surface area contributed by atoms with Crippen LogP contribution < -0.4 is 15.4 Å². The Morgan fingerprint density at radius 2 is 1.82 bits per heavy atom. The molecule has 2 amide bonds. The number of anilines is 1. The minimum atomic E-state index is -1.66. The van der Waals surface area contributed by atoms with E-state index < -0.39 is 39.0 Å². The molecule has 5 atom stereocenters. The number of nitrogens with one attached hydrogen (secondary N) is 2. The van der Waals surface area contributed by atoms with Crippen LogP contribution in [0.1, 0.15) is 81.9 Å². The number of aliphatic hydroxyl groups excluding tert-OH is 1. The van der Waals surface area contributed by atoms with Crippen LogP contribution in [0.3, 0.4) is 0 Å².